The number of nitriles is 1. The van der Waals surface area contributed by atoms with Crippen LogP contribution < -0.4 is 5.56 Å². The average molecular weight is 285 g/mol. The summed E-state index contributed by atoms with van der Waals surface area (Å²) in [6.07, 6.45) is 3.50. The van der Waals surface area contributed by atoms with Gasteiger partial charge in [-0.2, -0.15) is 5.26 Å². The van der Waals surface area contributed by atoms with Crippen LogP contribution in [0.1, 0.15) is 11.1 Å². The fraction of sp³-hybridized carbons (Fsp3) is 0.0714. The molecule has 0 saturated heterocycles. The van der Waals surface area contributed by atoms with E-state index >= 15 is 0 Å². The Morgan fingerprint density at radius 2 is 2.25 bits per heavy atom. The SMILES string of the molecule is N#Cc1c2n(Cc3ccc(Cl)nc3)cccc-2[nH]c1=O. The molecule has 0 unspecified atom stereocenters. The lowest BCUT2D eigenvalue weighted by Gasteiger charge is -2.12. The molecule has 6 heteroatoms. The van der Waals surface area contributed by atoms with E-state index in [0.717, 1.165) is 5.56 Å². The minimum absolute atomic E-state index is 0.127. The van der Waals surface area contributed by atoms with Crippen LogP contribution in [-0.4, -0.2) is 14.5 Å². The monoisotopic (exact) mass is 284 g/mol. The topological polar surface area (TPSA) is 74.5 Å². The van der Waals surface area contributed by atoms with Gasteiger partial charge in [-0.05, 0) is 23.8 Å². The van der Waals surface area contributed by atoms with Crippen molar-refractivity contribution in [2.24, 2.45) is 0 Å². The van der Waals surface area contributed by atoms with Crippen LogP contribution in [0.15, 0.2) is 41.5 Å². The minimum Gasteiger partial charge on any atom is -0.341 e. The maximum Gasteiger partial charge on any atom is 0.268 e. The molecular weight excluding hydrogens is 276 g/mol. The fourth-order valence-corrected chi connectivity index (χ4v) is 2.27. The summed E-state index contributed by atoms with van der Waals surface area (Å²) in [7, 11) is 0. The van der Waals surface area contributed by atoms with E-state index < -0.39 is 0 Å². The summed E-state index contributed by atoms with van der Waals surface area (Å²) < 4.78 is 1.84. The maximum atomic E-state index is 11.7. The second-order valence-electron chi connectivity index (χ2n) is 4.33. The third-order valence-electron chi connectivity index (χ3n) is 3.04. The van der Waals surface area contributed by atoms with Crippen molar-refractivity contribution >= 4 is 11.6 Å². The molecule has 0 radical (unpaired) electrons. The van der Waals surface area contributed by atoms with Crippen LogP contribution >= 0.6 is 11.6 Å². The summed E-state index contributed by atoms with van der Waals surface area (Å²) in [6.45, 7) is 0.507. The number of halogens is 1. The molecule has 1 N–H and O–H groups in total. The number of aromatic amines is 1. The van der Waals surface area contributed by atoms with Crippen LogP contribution in [0.4, 0.5) is 0 Å². The lowest BCUT2D eigenvalue weighted by atomic mass is 10.2. The Hall–Kier alpha value is -2.58. The van der Waals surface area contributed by atoms with Gasteiger partial charge in [0.2, 0.25) is 0 Å². The van der Waals surface area contributed by atoms with Crippen molar-refractivity contribution in [1.29, 1.82) is 5.26 Å². The van der Waals surface area contributed by atoms with E-state index in [2.05, 4.69) is 9.97 Å². The summed E-state index contributed by atoms with van der Waals surface area (Å²) in [5.41, 5.74) is 1.95. The Morgan fingerprint density at radius 3 is 2.95 bits per heavy atom. The molecule has 0 bridgehead atoms. The highest BCUT2D eigenvalue weighted by atomic mass is 35.5. The van der Waals surface area contributed by atoms with Gasteiger partial charge in [0.25, 0.3) is 5.56 Å². The second kappa shape index (κ2) is 4.83. The quantitative estimate of drug-likeness (QED) is 0.733. The molecule has 1 aromatic rings. The van der Waals surface area contributed by atoms with Gasteiger partial charge in [0.05, 0.1) is 11.4 Å². The van der Waals surface area contributed by atoms with Crippen LogP contribution in [0.25, 0.3) is 11.4 Å². The highest BCUT2D eigenvalue weighted by molar-refractivity contribution is 6.29. The Balaban J connectivity index is 2.10. The van der Waals surface area contributed by atoms with E-state index in [4.69, 9.17) is 16.9 Å². The number of nitrogens with zero attached hydrogens (tertiary/aromatic N) is 3. The summed E-state index contributed by atoms with van der Waals surface area (Å²) in [6, 6.07) is 9.11. The number of nitrogens with one attached hydrogen (secondary N) is 1. The smallest absolute Gasteiger partial charge is 0.268 e. The molecule has 3 heterocycles. The van der Waals surface area contributed by atoms with Crippen molar-refractivity contribution in [3.63, 3.8) is 0 Å². The first-order chi connectivity index (χ1) is 9.69. The van der Waals surface area contributed by atoms with Crippen molar-refractivity contribution in [1.82, 2.24) is 14.5 Å². The molecule has 1 aromatic heterocycles. The summed E-state index contributed by atoms with van der Waals surface area (Å²) in [5.74, 6) is 0. The number of hydrogen-bond donors (Lipinski definition) is 1. The van der Waals surface area contributed by atoms with Crippen LogP contribution in [0.2, 0.25) is 5.15 Å². The van der Waals surface area contributed by atoms with Crippen molar-refractivity contribution in [2.45, 2.75) is 6.54 Å². The molecule has 0 amide bonds. The van der Waals surface area contributed by atoms with Crippen LogP contribution in [0.3, 0.4) is 0 Å². The Labute approximate surface area is 119 Å². The molecule has 0 aliphatic carbocycles. The third-order valence-corrected chi connectivity index (χ3v) is 3.26. The van der Waals surface area contributed by atoms with Gasteiger partial charge in [-0.3, -0.25) is 4.79 Å². The molecule has 2 aliphatic heterocycles. The molecule has 98 valence electrons. The molecule has 0 spiro atoms. The van der Waals surface area contributed by atoms with E-state index in [1.807, 2.05) is 29.0 Å². The molecule has 0 fully saturated rings. The van der Waals surface area contributed by atoms with Gasteiger partial charge in [0, 0.05) is 18.9 Å². The van der Waals surface area contributed by atoms with E-state index in [9.17, 15) is 4.79 Å². The summed E-state index contributed by atoms with van der Waals surface area (Å²) in [5, 5.41) is 9.55. The first-order valence-corrected chi connectivity index (χ1v) is 6.28. The lowest BCUT2D eigenvalue weighted by molar-refractivity contribution is 0.794. The lowest BCUT2D eigenvalue weighted by Crippen LogP contribution is -2.06. The van der Waals surface area contributed by atoms with Gasteiger partial charge in [-0.25, -0.2) is 4.98 Å². The van der Waals surface area contributed by atoms with Gasteiger partial charge in [0.1, 0.15) is 16.8 Å². The number of fused-ring (bicyclic) bond motifs is 1. The number of H-pyrrole nitrogens is 1. The predicted molar refractivity (Wildman–Crippen MR) is 74.7 cm³/mol. The first kappa shape index (κ1) is 12.5. The molecule has 0 atom stereocenters. The van der Waals surface area contributed by atoms with Crippen molar-refractivity contribution in [2.75, 3.05) is 0 Å². The number of pyridine rings is 2. The zero-order valence-corrected chi connectivity index (χ0v) is 11.1. The Kier molecular flexibility index (Phi) is 3.01. The number of hydrogen-bond acceptors (Lipinski definition) is 3. The number of aromatic nitrogens is 3. The zero-order chi connectivity index (χ0) is 14.1. The molecule has 20 heavy (non-hydrogen) atoms. The van der Waals surface area contributed by atoms with E-state index in [0.29, 0.717) is 23.1 Å². The van der Waals surface area contributed by atoms with Gasteiger partial charge in [-0.15, -0.1) is 0 Å². The molecule has 2 aliphatic rings. The zero-order valence-electron chi connectivity index (χ0n) is 10.3. The molecule has 3 rings (SSSR count). The van der Waals surface area contributed by atoms with Gasteiger partial charge < -0.3 is 9.55 Å². The Bertz CT molecular complexity index is 826. The molecule has 5 nitrogen and oxygen atoms in total. The summed E-state index contributed by atoms with van der Waals surface area (Å²) in [4.78, 5) is 18.4. The van der Waals surface area contributed by atoms with Gasteiger partial charge in [0.15, 0.2) is 0 Å². The molecule has 0 saturated carbocycles. The van der Waals surface area contributed by atoms with Crippen molar-refractivity contribution in [3.05, 3.63) is 63.3 Å². The second-order valence-corrected chi connectivity index (χ2v) is 4.72. The number of rotatable bonds is 2. The van der Waals surface area contributed by atoms with E-state index in [-0.39, 0.29) is 11.1 Å². The molecular formula is C14H9ClN4O. The average Bonchev–Trinajstić information content (AvgIpc) is 2.77. The largest absolute Gasteiger partial charge is 0.341 e. The van der Waals surface area contributed by atoms with Gasteiger partial charge in [-0.1, -0.05) is 17.7 Å². The van der Waals surface area contributed by atoms with Crippen LogP contribution in [0.5, 0.6) is 0 Å². The van der Waals surface area contributed by atoms with Gasteiger partial charge >= 0.3 is 0 Å². The van der Waals surface area contributed by atoms with E-state index in [1.54, 1.807) is 18.3 Å². The minimum atomic E-state index is -0.364. The standard InChI is InChI=1S/C14H9ClN4O/c15-12-4-3-9(7-17-12)8-19-5-1-2-11-13(19)10(6-16)14(20)18-11/h1-5,7H,8H2,(H,18,20). The van der Waals surface area contributed by atoms with E-state index in [1.165, 1.54) is 0 Å². The summed E-state index contributed by atoms with van der Waals surface area (Å²) >= 11 is 5.75. The predicted octanol–water partition coefficient (Wildman–Crippen LogP) is 2.25. The first-order valence-electron chi connectivity index (χ1n) is 5.90. The van der Waals surface area contributed by atoms with Crippen molar-refractivity contribution < 1.29 is 0 Å². The maximum absolute atomic E-state index is 11.7. The Morgan fingerprint density at radius 1 is 1.40 bits per heavy atom. The van der Waals surface area contributed by atoms with Crippen molar-refractivity contribution in [3.8, 4) is 17.5 Å². The third kappa shape index (κ3) is 2.06. The molecule has 0 aromatic carbocycles. The normalized spacial score (nSPS) is 10.6. The highest BCUT2D eigenvalue weighted by Gasteiger charge is 2.17. The van der Waals surface area contributed by atoms with Crippen LogP contribution in [-0.2, 0) is 6.54 Å². The highest BCUT2D eigenvalue weighted by Crippen LogP contribution is 2.22. The fourth-order valence-electron chi connectivity index (χ4n) is 2.15. The van der Waals surface area contributed by atoms with Crippen LogP contribution in [0, 0.1) is 11.3 Å².